The van der Waals surface area contributed by atoms with Gasteiger partial charge in [-0.15, -0.1) is 0 Å². The van der Waals surface area contributed by atoms with E-state index in [9.17, 15) is 4.79 Å². The second-order valence-corrected chi connectivity index (χ2v) is 8.47. The molecule has 0 spiro atoms. The zero-order chi connectivity index (χ0) is 20.4. The van der Waals surface area contributed by atoms with Gasteiger partial charge in [0.15, 0.2) is 5.65 Å². The number of methoxy groups -OCH3 is 1. The van der Waals surface area contributed by atoms with Gasteiger partial charge in [0.1, 0.15) is 10.8 Å². The number of fused-ring (bicyclic) bond motifs is 1. The molecule has 2 aromatic heterocycles. The fourth-order valence-corrected chi connectivity index (χ4v) is 4.83. The minimum absolute atomic E-state index is 0.0818. The predicted octanol–water partition coefficient (Wildman–Crippen LogP) is 4.17. The summed E-state index contributed by atoms with van der Waals surface area (Å²) in [6, 6.07) is 10.2. The fraction of sp³-hybridized carbons (Fsp3) is 0.409. The second kappa shape index (κ2) is 8.45. The molecule has 0 bridgehead atoms. The summed E-state index contributed by atoms with van der Waals surface area (Å²) in [5.41, 5.74) is 4.49. The quantitative estimate of drug-likeness (QED) is 0.488. The maximum Gasteiger partial charge on any atom is 0.230 e. The number of aromatic nitrogens is 3. The Kier molecular flexibility index (Phi) is 5.76. The van der Waals surface area contributed by atoms with E-state index in [1.807, 2.05) is 48.7 Å². The number of para-hydroxylation sites is 1. The number of hydrogen-bond donors (Lipinski definition) is 1. The maximum absolute atomic E-state index is 12.4. The molecule has 1 fully saturated rings. The first-order valence-electron chi connectivity index (χ1n) is 9.99. The predicted molar refractivity (Wildman–Crippen MR) is 116 cm³/mol. The third-order valence-corrected chi connectivity index (χ3v) is 6.30. The highest BCUT2D eigenvalue weighted by Crippen LogP contribution is 2.35. The van der Waals surface area contributed by atoms with Gasteiger partial charge < -0.3 is 10.1 Å². The summed E-state index contributed by atoms with van der Waals surface area (Å²) in [6.07, 6.45) is 4.60. The summed E-state index contributed by atoms with van der Waals surface area (Å²) in [4.78, 5) is 17.1. The number of nitrogens with one attached hydrogen (secondary N) is 1. The van der Waals surface area contributed by atoms with Crippen molar-refractivity contribution in [3.8, 4) is 16.9 Å². The van der Waals surface area contributed by atoms with Gasteiger partial charge in [-0.1, -0.05) is 42.8 Å². The number of carbonyl (C=O) groups excluding carboxylic acids is 1. The van der Waals surface area contributed by atoms with E-state index >= 15 is 0 Å². The van der Waals surface area contributed by atoms with Gasteiger partial charge in [-0.05, 0) is 38.8 Å². The van der Waals surface area contributed by atoms with E-state index in [1.165, 1.54) is 24.6 Å². The van der Waals surface area contributed by atoms with E-state index in [-0.39, 0.29) is 5.91 Å². The Morgan fingerprint density at radius 1 is 1.28 bits per heavy atom. The topological polar surface area (TPSA) is 68.5 Å². The molecule has 2 heterocycles. The van der Waals surface area contributed by atoms with Gasteiger partial charge in [0.25, 0.3) is 0 Å². The summed E-state index contributed by atoms with van der Waals surface area (Å²) < 4.78 is 7.40. The Morgan fingerprint density at radius 2 is 2.03 bits per heavy atom. The molecule has 1 saturated carbocycles. The lowest BCUT2D eigenvalue weighted by Crippen LogP contribution is -2.33. The highest BCUT2D eigenvalue weighted by Gasteiger charge is 2.20. The molecule has 0 radical (unpaired) electrons. The smallest absolute Gasteiger partial charge is 0.230 e. The molecule has 29 heavy (non-hydrogen) atoms. The van der Waals surface area contributed by atoms with Crippen molar-refractivity contribution in [1.29, 1.82) is 0 Å². The number of aryl methyl sites for hydroxylation is 2. The Bertz CT molecular complexity index is 1040. The van der Waals surface area contributed by atoms with Crippen LogP contribution in [-0.4, -0.2) is 39.4 Å². The van der Waals surface area contributed by atoms with Gasteiger partial charge in [-0.3, -0.25) is 4.79 Å². The molecule has 0 atom stereocenters. The first kappa shape index (κ1) is 19.8. The van der Waals surface area contributed by atoms with Crippen molar-refractivity contribution in [2.45, 2.75) is 50.6 Å². The van der Waals surface area contributed by atoms with E-state index in [1.54, 1.807) is 7.11 Å². The Morgan fingerprint density at radius 3 is 2.79 bits per heavy atom. The maximum atomic E-state index is 12.4. The number of rotatable bonds is 6. The van der Waals surface area contributed by atoms with E-state index < -0.39 is 0 Å². The van der Waals surface area contributed by atoms with Crippen LogP contribution in [0.5, 0.6) is 5.75 Å². The van der Waals surface area contributed by atoms with Crippen LogP contribution in [0.25, 0.3) is 16.8 Å². The lowest BCUT2D eigenvalue weighted by molar-refractivity contribution is -0.119. The van der Waals surface area contributed by atoms with Gasteiger partial charge in [-0.2, -0.15) is 5.10 Å². The number of hydrogen-bond acceptors (Lipinski definition) is 5. The summed E-state index contributed by atoms with van der Waals surface area (Å²) in [5, 5.41) is 8.80. The Labute approximate surface area is 175 Å². The van der Waals surface area contributed by atoms with E-state index in [0.29, 0.717) is 11.8 Å². The van der Waals surface area contributed by atoms with Crippen LogP contribution in [-0.2, 0) is 4.79 Å². The molecular weight excluding hydrogens is 384 g/mol. The molecule has 4 rings (SSSR count). The molecule has 0 aliphatic heterocycles. The van der Waals surface area contributed by atoms with Crippen LogP contribution in [0.1, 0.15) is 37.1 Å². The molecule has 0 unspecified atom stereocenters. The lowest BCUT2D eigenvalue weighted by Gasteiger charge is -2.12. The normalized spacial score (nSPS) is 14.4. The van der Waals surface area contributed by atoms with Crippen LogP contribution in [0, 0.1) is 13.8 Å². The number of nitrogens with zero attached hydrogens (tertiary/aromatic N) is 3. The van der Waals surface area contributed by atoms with E-state index in [2.05, 4.69) is 5.32 Å². The number of thioether (sulfide) groups is 1. The first-order chi connectivity index (χ1) is 14.1. The van der Waals surface area contributed by atoms with Crippen LogP contribution in [0.3, 0.4) is 0 Å². The van der Waals surface area contributed by atoms with Crippen molar-refractivity contribution in [3.63, 3.8) is 0 Å². The van der Waals surface area contributed by atoms with Crippen molar-refractivity contribution >= 4 is 23.3 Å². The highest BCUT2D eigenvalue weighted by molar-refractivity contribution is 7.99. The molecule has 1 N–H and O–H groups in total. The zero-order valence-corrected chi connectivity index (χ0v) is 17.9. The van der Waals surface area contributed by atoms with Gasteiger partial charge >= 0.3 is 0 Å². The minimum Gasteiger partial charge on any atom is -0.496 e. The molecule has 1 aliphatic rings. The van der Waals surface area contributed by atoms with Crippen molar-refractivity contribution < 1.29 is 9.53 Å². The third kappa shape index (κ3) is 4.10. The van der Waals surface area contributed by atoms with Gasteiger partial charge in [0.05, 0.1) is 24.1 Å². The monoisotopic (exact) mass is 410 g/mol. The molecular formula is C22H26N4O2S. The van der Waals surface area contributed by atoms with Gasteiger partial charge in [-0.25, -0.2) is 9.50 Å². The minimum atomic E-state index is 0.0818. The fourth-order valence-electron chi connectivity index (χ4n) is 3.96. The number of benzene rings is 1. The molecule has 152 valence electrons. The number of carbonyl (C=O) groups is 1. The first-order valence-corrected chi connectivity index (χ1v) is 11.0. The Balaban J connectivity index is 1.65. The summed E-state index contributed by atoms with van der Waals surface area (Å²) in [6.45, 7) is 3.95. The van der Waals surface area contributed by atoms with Gasteiger partial charge in [0.2, 0.25) is 5.91 Å². The van der Waals surface area contributed by atoms with Crippen molar-refractivity contribution in [2.24, 2.45) is 0 Å². The largest absolute Gasteiger partial charge is 0.496 e. The third-order valence-electron chi connectivity index (χ3n) is 5.31. The summed E-state index contributed by atoms with van der Waals surface area (Å²) in [5.74, 6) is 1.25. The zero-order valence-electron chi connectivity index (χ0n) is 17.1. The lowest BCUT2D eigenvalue weighted by atomic mass is 10.1. The molecule has 0 saturated heterocycles. The molecule has 6 nitrogen and oxygen atoms in total. The van der Waals surface area contributed by atoms with Crippen LogP contribution >= 0.6 is 11.8 Å². The second-order valence-electron chi connectivity index (χ2n) is 7.47. The van der Waals surface area contributed by atoms with Crippen LogP contribution in [0.4, 0.5) is 0 Å². The highest BCUT2D eigenvalue weighted by atomic mass is 32.2. The van der Waals surface area contributed by atoms with Crippen molar-refractivity contribution in [2.75, 3.05) is 12.9 Å². The number of amides is 1. The van der Waals surface area contributed by atoms with Crippen LogP contribution in [0.2, 0.25) is 0 Å². The van der Waals surface area contributed by atoms with Crippen LogP contribution in [0.15, 0.2) is 35.4 Å². The number of ether oxygens (including phenoxy) is 1. The van der Waals surface area contributed by atoms with E-state index in [4.69, 9.17) is 14.8 Å². The molecule has 1 aromatic carbocycles. The SMILES string of the molecule is COc1ccccc1-c1c(C)nn2c(SCC(=O)NC3CCCC3)cc(C)nc12. The molecule has 1 aliphatic carbocycles. The molecule has 7 heteroatoms. The summed E-state index contributed by atoms with van der Waals surface area (Å²) in [7, 11) is 1.67. The Hall–Kier alpha value is -2.54. The molecule has 1 amide bonds. The van der Waals surface area contributed by atoms with E-state index in [0.717, 1.165) is 51.8 Å². The standard InChI is InChI=1S/C22H26N4O2S/c1-14-12-20(29-13-19(27)24-16-8-4-5-9-16)26-22(23-14)21(15(2)25-26)17-10-6-7-11-18(17)28-3/h6-7,10-12,16H,4-5,8-9,13H2,1-3H3,(H,24,27). The average Bonchev–Trinajstić information content (AvgIpc) is 3.33. The van der Waals surface area contributed by atoms with Crippen molar-refractivity contribution in [1.82, 2.24) is 19.9 Å². The molecule has 3 aromatic rings. The van der Waals surface area contributed by atoms with Gasteiger partial charge in [0, 0.05) is 17.3 Å². The van der Waals surface area contributed by atoms with Crippen LogP contribution < -0.4 is 10.1 Å². The summed E-state index contributed by atoms with van der Waals surface area (Å²) >= 11 is 1.50. The van der Waals surface area contributed by atoms with Crippen molar-refractivity contribution in [3.05, 3.63) is 41.7 Å². The average molecular weight is 411 g/mol.